The van der Waals surface area contributed by atoms with Crippen molar-refractivity contribution in [3.63, 3.8) is 0 Å². The van der Waals surface area contributed by atoms with E-state index in [1.165, 1.54) is 27.6 Å². The zero-order valence-electron chi connectivity index (χ0n) is 12.1. The fourth-order valence-corrected chi connectivity index (χ4v) is 3.16. The molecule has 3 rings (SSSR count). The van der Waals surface area contributed by atoms with E-state index in [1.54, 1.807) is 0 Å². The zero-order chi connectivity index (χ0) is 14.7. The largest absolute Gasteiger partial charge is 0.380 e. The summed E-state index contributed by atoms with van der Waals surface area (Å²) in [6, 6.07) is 21.3. The van der Waals surface area contributed by atoms with Gasteiger partial charge >= 0.3 is 0 Å². The van der Waals surface area contributed by atoms with Gasteiger partial charge in [-0.15, -0.1) is 0 Å². The number of aryl methyl sites for hydroxylation is 1. The molecule has 0 heterocycles. The minimum Gasteiger partial charge on any atom is -0.380 e. The van der Waals surface area contributed by atoms with E-state index in [2.05, 4.69) is 88.8 Å². The lowest BCUT2D eigenvalue weighted by Crippen LogP contribution is -2.03. The molecule has 0 fully saturated rings. The molecule has 0 aliphatic carbocycles. The molecule has 0 radical (unpaired) electrons. The van der Waals surface area contributed by atoms with Gasteiger partial charge in [0.2, 0.25) is 0 Å². The predicted molar refractivity (Wildman–Crippen MR) is 94.8 cm³/mol. The van der Waals surface area contributed by atoms with Crippen molar-refractivity contribution in [1.29, 1.82) is 0 Å². The molecule has 106 valence electrons. The number of hydrogen-bond donors (Lipinski definition) is 1. The summed E-state index contributed by atoms with van der Waals surface area (Å²) in [7, 11) is 0. The monoisotopic (exact) mass is 339 g/mol. The molecule has 0 bridgehead atoms. The number of halogens is 1. The zero-order valence-corrected chi connectivity index (χ0v) is 13.7. The second-order valence-electron chi connectivity index (χ2n) is 5.12. The third kappa shape index (κ3) is 2.96. The molecular weight excluding hydrogens is 322 g/mol. The van der Waals surface area contributed by atoms with Crippen LogP contribution in [-0.4, -0.2) is 0 Å². The van der Waals surface area contributed by atoms with Crippen LogP contribution in [0.2, 0.25) is 0 Å². The van der Waals surface area contributed by atoms with E-state index < -0.39 is 0 Å². The maximum absolute atomic E-state index is 3.62. The van der Waals surface area contributed by atoms with Gasteiger partial charge in [-0.25, -0.2) is 0 Å². The van der Waals surface area contributed by atoms with Gasteiger partial charge in [0.15, 0.2) is 0 Å². The highest BCUT2D eigenvalue weighted by Crippen LogP contribution is 2.30. The summed E-state index contributed by atoms with van der Waals surface area (Å²) in [5.41, 5.74) is 3.96. The molecule has 21 heavy (non-hydrogen) atoms. The molecule has 1 N–H and O–H groups in total. The highest BCUT2D eigenvalue weighted by molar-refractivity contribution is 9.10. The Balaban J connectivity index is 1.91. The summed E-state index contributed by atoms with van der Waals surface area (Å²) in [4.78, 5) is 0. The minimum absolute atomic E-state index is 0.857. The number of benzene rings is 3. The second kappa shape index (κ2) is 6.31. The highest BCUT2D eigenvalue weighted by Gasteiger charge is 2.05. The molecule has 0 aliphatic rings. The lowest BCUT2D eigenvalue weighted by molar-refractivity contribution is 1.05. The molecule has 0 saturated heterocycles. The van der Waals surface area contributed by atoms with Crippen LogP contribution in [0.15, 0.2) is 65.1 Å². The minimum atomic E-state index is 0.857. The van der Waals surface area contributed by atoms with Gasteiger partial charge in [-0.1, -0.05) is 71.4 Å². The summed E-state index contributed by atoms with van der Waals surface area (Å²) < 4.78 is 1.14. The Bertz CT molecular complexity index is 764. The quantitative estimate of drug-likeness (QED) is 0.635. The Morgan fingerprint density at radius 2 is 1.48 bits per heavy atom. The molecule has 0 atom stereocenters. The number of hydrogen-bond acceptors (Lipinski definition) is 1. The van der Waals surface area contributed by atoms with Crippen molar-refractivity contribution in [2.45, 2.75) is 19.9 Å². The van der Waals surface area contributed by atoms with Gasteiger partial charge in [0.25, 0.3) is 0 Å². The van der Waals surface area contributed by atoms with Crippen LogP contribution in [0.3, 0.4) is 0 Å². The fraction of sp³-hybridized carbons (Fsp3) is 0.158. The van der Waals surface area contributed by atoms with Crippen molar-refractivity contribution < 1.29 is 0 Å². The summed E-state index contributed by atoms with van der Waals surface area (Å²) >= 11 is 3.62. The van der Waals surface area contributed by atoms with Crippen molar-refractivity contribution >= 4 is 32.4 Å². The highest BCUT2D eigenvalue weighted by atomic mass is 79.9. The maximum atomic E-state index is 3.62. The Morgan fingerprint density at radius 3 is 2.24 bits per heavy atom. The SMILES string of the molecule is CCc1ccccc1CNc1ccc(Br)c2ccccc12. The molecule has 2 heteroatoms. The first-order valence-corrected chi connectivity index (χ1v) is 8.07. The number of anilines is 1. The van der Waals surface area contributed by atoms with Gasteiger partial charge in [-0.05, 0) is 35.1 Å². The molecule has 3 aromatic rings. The van der Waals surface area contributed by atoms with Crippen molar-refractivity contribution in [2.75, 3.05) is 5.32 Å². The average molecular weight is 340 g/mol. The average Bonchev–Trinajstić information content (AvgIpc) is 2.55. The molecule has 0 aliphatic heterocycles. The van der Waals surface area contributed by atoms with Crippen LogP contribution >= 0.6 is 15.9 Å². The maximum Gasteiger partial charge on any atom is 0.0423 e. The van der Waals surface area contributed by atoms with Crippen molar-refractivity contribution in [3.05, 3.63) is 76.3 Å². The molecule has 0 aromatic heterocycles. The van der Waals surface area contributed by atoms with Gasteiger partial charge in [0.1, 0.15) is 0 Å². The van der Waals surface area contributed by atoms with E-state index in [-0.39, 0.29) is 0 Å². The third-order valence-electron chi connectivity index (χ3n) is 3.84. The topological polar surface area (TPSA) is 12.0 Å². The van der Waals surface area contributed by atoms with Gasteiger partial charge in [0.05, 0.1) is 0 Å². The van der Waals surface area contributed by atoms with Crippen molar-refractivity contribution in [2.24, 2.45) is 0 Å². The smallest absolute Gasteiger partial charge is 0.0423 e. The first-order valence-electron chi connectivity index (χ1n) is 7.27. The van der Waals surface area contributed by atoms with E-state index in [4.69, 9.17) is 0 Å². The van der Waals surface area contributed by atoms with Crippen LogP contribution in [-0.2, 0) is 13.0 Å². The van der Waals surface area contributed by atoms with Crippen LogP contribution in [0.5, 0.6) is 0 Å². The van der Waals surface area contributed by atoms with Crippen LogP contribution in [0, 0.1) is 0 Å². The van der Waals surface area contributed by atoms with Crippen molar-refractivity contribution in [1.82, 2.24) is 0 Å². The lowest BCUT2D eigenvalue weighted by atomic mass is 10.0. The number of nitrogens with one attached hydrogen (secondary N) is 1. The van der Waals surface area contributed by atoms with Crippen LogP contribution < -0.4 is 5.32 Å². The molecular formula is C19H18BrN. The van der Waals surface area contributed by atoms with E-state index >= 15 is 0 Å². The van der Waals surface area contributed by atoms with Gasteiger partial charge in [-0.2, -0.15) is 0 Å². The van der Waals surface area contributed by atoms with E-state index in [9.17, 15) is 0 Å². The lowest BCUT2D eigenvalue weighted by Gasteiger charge is -2.13. The Hall–Kier alpha value is -1.80. The summed E-state index contributed by atoms with van der Waals surface area (Å²) in [5, 5.41) is 6.08. The summed E-state index contributed by atoms with van der Waals surface area (Å²) in [6.07, 6.45) is 1.07. The van der Waals surface area contributed by atoms with E-state index in [0.717, 1.165) is 17.4 Å². The molecule has 3 aromatic carbocycles. The Labute approximate surface area is 134 Å². The van der Waals surface area contributed by atoms with Crippen molar-refractivity contribution in [3.8, 4) is 0 Å². The molecule has 0 unspecified atom stereocenters. The van der Waals surface area contributed by atoms with Crippen LogP contribution in [0.1, 0.15) is 18.1 Å². The first kappa shape index (κ1) is 14.2. The van der Waals surface area contributed by atoms with Gasteiger partial charge in [-0.3, -0.25) is 0 Å². The number of fused-ring (bicyclic) bond motifs is 1. The van der Waals surface area contributed by atoms with Gasteiger partial charge in [0, 0.05) is 22.1 Å². The molecule has 0 saturated carbocycles. The molecule has 1 nitrogen and oxygen atoms in total. The van der Waals surface area contributed by atoms with Crippen LogP contribution in [0.4, 0.5) is 5.69 Å². The normalized spacial score (nSPS) is 10.8. The summed E-state index contributed by atoms with van der Waals surface area (Å²) in [5.74, 6) is 0. The predicted octanol–water partition coefficient (Wildman–Crippen LogP) is 5.78. The third-order valence-corrected chi connectivity index (χ3v) is 4.53. The molecule has 0 amide bonds. The number of rotatable bonds is 4. The first-order chi connectivity index (χ1) is 10.3. The van der Waals surface area contributed by atoms with E-state index in [1.807, 2.05) is 0 Å². The fourth-order valence-electron chi connectivity index (χ4n) is 2.68. The second-order valence-corrected chi connectivity index (χ2v) is 5.97. The Kier molecular flexibility index (Phi) is 4.26. The van der Waals surface area contributed by atoms with E-state index in [0.29, 0.717) is 0 Å². The summed E-state index contributed by atoms with van der Waals surface area (Å²) in [6.45, 7) is 3.06. The molecule has 0 spiro atoms. The van der Waals surface area contributed by atoms with Crippen LogP contribution in [0.25, 0.3) is 10.8 Å². The standard InChI is InChI=1S/C19H18BrN/c1-2-14-7-3-4-8-15(14)13-21-19-12-11-18(20)16-9-5-6-10-17(16)19/h3-12,21H,2,13H2,1H3. The Morgan fingerprint density at radius 1 is 0.810 bits per heavy atom. The van der Waals surface area contributed by atoms with Gasteiger partial charge < -0.3 is 5.32 Å².